The first kappa shape index (κ1) is 76.1. The van der Waals surface area contributed by atoms with E-state index in [4.69, 9.17) is 13.3 Å². The third-order valence-corrected chi connectivity index (χ3v) is 30.8. The van der Waals surface area contributed by atoms with Crippen LogP contribution in [0.3, 0.4) is 0 Å². The van der Waals surface area contributed by atoms with Crippen LogP contribution in [0.5, 0.6) is 0 Å². The lowest BCUT2D eigenvalue weighted by molar-refractivity contribution is 0.590. The van der Waals surface area contributed by atoms with Crippen LogP contribution in [-0.2, 0) is 16.2 Å². The average molecular weight is 1780 g/mol. The molecule has 0 atom stereocenters. The van der Waals surface area contributed by atoms with Crippen molar-refractivity contribution in [1.29, 1.82) is 0 Å². The number of fused-ring (bicyclic) bond motifs is 27. The molecule has 0 radical (unpaired) electrons. The molecular weight excluding hydrogens is 1700 g/mol. The summed E-state index contributed by atoms with van der Waals surface area (Å²) in [5, 5.41) is 25.6. The highest BCUT2D eigenvalue weighted by Gasteiger charge is 2.31. The van der Waals surface area contributed by atoms with Crippen molar-refractivity contribution in [2.24, 2.45) is 0 Å². The fourth-order valence-electron chi connectivity index (χ4n) is 18.1. The van der Waals surface area contributed by atoms with E-state index in [0.29, 0.717) is 0 Å². The Morgan fingerprint density at radius 3 is 0.910 bits per heavy atom. The molecule has 0 saturated heterocycles. The third kappa shape index (κ3) is 12.8. The van der Waals surface area contributed by atoms with Crippen molar-refractivity contribution in [3.8, 4) is 0 Å². The van der Waals surface area contributed by atoms with E-state index in [-0.39, 0.29) is 16.2 Å². The number of halogens is 2. The number of para-hydroxylation sites is 6. The molecule has 0 saturated carbocycles. The van der Waals surface area contributed by atoms with Crippen LogP contribution in [0.2, 0.25) is 0 Å². The second kappa shape index (κ2) is 29.3. The van der Waals surface area contributed by atoms with Gasteiger partial charge in [-0.05, 0) is 208 Å². The van der Waals surface area contributed by atoms with Crippen LogP contribution < -0.4 is 15.1 Å². The first-order valence-corrected chi connectivity index (χ1v) is 46.2. The minimum absolute atomic E-state index is 0.00836. The number of furan rings is 3. The van der Waals surface area contributed by atoms with E-state index in [1.807, 2.05) is 63.5 Å². The Bertz CT molecular complexity index is 7940. The molecule has 0 spiro atoms. The average Bonchev–Trinajstić information content (AvgIpc) is 1.53. The maximum atomic E-state index is 6.91. The van der Waals surface area contributed by atoms with Crippen LogP contribution in [0, 0.1) is 0 Å². The van der Waals surface area contributed by atoms with E-state index in [2.05, 4.69) is 413 Å². The molecule has 7 aromatic heterocycles. The van der Waals surface area contributed by atoms with Crippen molar-refractivity contribution in [3.63, 3.8) is 0 Å². The minimum Gasteiger partial charge on any atom is -0.454 e. The SMILES string of the molecule is Brc1cc2c(cc(Br)c3sc4ccccc4c32)c2c1sc1ccccc12.CC(C)(C)c1ccc(N(c2cccc3c2oc2ccccc23)c2cc3c(cc(N(c4ccc(C(C)(C)C)cc4)c4cccc5c4oc4ccccc45)c4sc5ccccc5c43)c3c2sc2ccccc23)cc1.CC(C)(C)c1ccc(Nc2cccc3c2oc2ccccc23)cc1. The first-order chi connectivity index (χ1) is 59.2. The summed E-state index contributed by atoms with van der Waals surface area (Å²) in [6.45, 7) is 20.4. The minimum atomic E-state index is -0.00836. The molecule has 24 aromatic rings. The van der Waals surface area contributed by atoms with E-state index in [1.54, 1.807) is 0 Å². The van der Waals surface area contributed by atoms with Crippen molar-refractivity contribution in [2.45, 2.75) is 78.6 Å². The quantitative estimate of drug-likeness (QED) is 0.164. The lowest BCUT2D eigenvalue weighted by Gasteiger charge is -2.29. The molecule has 592 valence electrons. The number of hydrogen-bond acceptors (Lipinski definition) is 10. The Morgan fingerprint density at radius 2 is 0.541 bits per heavy atom. The van der Waals surface area contributed by atoms with Crippen LogP contribution in [0.1, 0.15) is 79.0 Å². The number of thiophene rings is 4. The molecule has 0 fully saturated rings. The van der Waals surface area contributed by atoms with Crippen molar-refractivity contribution >= 4 is 291 Å². The summed E-state index contributed by atoms with van der Waals surface area (Å²) in [7, 11) is 0. The van der Waals surface area contributed by atoms with E-state index >= 15 is 0 Å². The second-order valence-electron chi connectivity index (χ2n) is 34.9. The molecule has 0 unspecified atom stereocenters. The van der Waals surface area contributed by atoms with E-state index in [1.165, 1.54) is 128 Å². The predicted octanol–water partition coefficient (Wildman–Crippen LogP) is 36.6. The maximum Gasteiger partial charge on any atom is 0.159 e. The first-order valence-electron chi connectivity index (χ1n) is 41.4. The van der Waals surface area contributed by atoms with Gasteiger partial charge in [-0.25, -0.2) is 0 Å². The van der Waals surface area contributed by atoms with Gasteiger partial charge in [0.25, 0.3) is 0 Å². The summed E-state index contributed by atoms with van der Waals surface area (Å²) >= 11 is 15.2. The van der Waals surface area contributed by atoms with Crippen molar-refractivity contribution < 1.29 is 13.3 Å². The molecule has 0 aliphatic carbocycles. The summed E-state index contributed by atoms with van der Waals surface area (Å²) in [4.78, 5) is 4.93. The highest BCUT2D eigenvalue weighted by Crippen LogP contribution is 2.57. The lowest BCUT2D eigenvalue weighted by Crippen LogP contribution is -2.14. The predicted molar refractivity (Wildman–Crippen MR) is 538 cm³/mol. The van der Waals surface area contributed by atoms with Crippen LogP contribution >= 0.6 is 77.2 Å². The van der Waals surface area contributed by atoms with Crippen LogP contribution in [0.15, 0.2) is 344 Å². The Morgan fingerprint density at radius 1 is 0.254 bits per heavy atom. The second-order valence-corrected chi connectivity index (χ2v) is 40.8. The van der Waals surface area contributed by atoms with E-state index in [9.17, 15) is 0 Å². The number of anilines is 8. The number of nitrogens with one attached hydrogen (secondary N) is 1. The Balaban J connectivity index is 0.000000143. The fourth-order valence-corrected chi connectivity index (χ4v) is 24.2. The van der Waals surface area contributed by atoms with Gasteiger partial charge in [-0.3, -0.25) is 0 Å². The molecular formula is C110H81Br2N3O3S4. The zero-order valence-corrected chi connectivity index (χ0v) is 75.0. The molecule has 24 rings (SSSR count). The fraction of sp³-hybridized carbons (Fsp3) is 0.109. The molecule has 0 amide bonds. The smallest absolute Gasteiger partial charge is 0.159 e. The highest BCUT2D eigenvalue weighted by molar-refractivity contribution is 9.11. The van der Waals surface area contributed by atoms with E-state index < -0.39 is 0 Å². The summed E-state index contributed by atoms with van der Waals surface area (Å²) < 4.78 is 32.5. The number of rotatable bonds is 8. The molecule has 1 N–H and O–H groups in total. The summed E-state index contributed by atoms with van der Waals surface area (Å²) in [6.07, 6.45) is 0. The molecule has 6 nitrogen and oxygen atoms in total. The Hall–Kier alpha value is -12.1. The van der Waals surface area contributed by atoms with Gasteiger partial charge >= 0.3 is 0 Å². The third-order valence-electron chi connectivity index (χ3n) is 24.2. The highest BCUT2D eigenvalue weighted by atomic mass is 79.9. The molecule has 12 heteroatoms. The van der Waals surface area contributed by atoms with Crippen LogP contribution in [0.4, 0.5) is 45.5 Å². The zero-order valence-electron chi connectivity index (χ0n) is 68.6. The van der Waals surface area contributed by atoms with Gasteiger partial charge in [0.2, 0.25) is 0 Å². The normalized spacial score (nSPS) is 12.4. The van der Waals surface area contributed by atoms with Gasteiger partial charge in [-0.1, -0.05) is 263 Å². The number of nitrogens with zero attached hydrogens (tertiary/aromatic N) is 2. The van der Waals surface area contributed by atoms with E-state index in [0.717, 1.165) is 111 Å². The van der Waals surface area contributed by atoms with Gasteiger partial charge in [0, 0.05) is 120 Å². The Kier molecular flexibility index (Phi) is 18.3. The van der Waals surface area contributed by atoms with Gasteiger partial charge in [-0.2, -0.15) is 0 Å². The van der Waals surface area contributed by atoms with Gasteiger partial charge in [0.05, 0.1) is 47.2 Å². The zero-order chi connectivity index (χ0) is 82.8. The van der Waals surface area contributed by atoms with Gasteiger partial charge < -0.3 is 28.4 Å². The Labute approximate surface area is 738 Å². The maximum absolute atomic E-state index is 6.91. The lowest BCUT2D eigenvalue weighted by atomic mass is 9.87. The molecule has 122 heavy (non-hydrogen) atoms. The summed E-state index contributed by atoms with van der Waals surface area (Å²) in [5.41, 5.74) is 17.8. The van der Waals surface area contributed by atoms with Crippen molar-refractivity contribution in [1.82, 2.24) is 0 Å². The summed E-state index contributed by atoms with van der Waals surface area (Å²) in [6, 6.07) is 116. The molecule has 0 bridgehead atoms. The monoisotopic (exact) mass is 1780 g/mol. The number of hydrogen-bond donors (Lipinski definition) is 1. The molecule has 0 aliphatic rings. The largest absolute Gasteiger partial charge is 0.454 e. The molecule has 7 heterocycles. The van der Waals surface area contributed by atoms with Gasteiger partial charge in [0.15, 0.2) is 16.7 Å². The van der Waals surface area contributed by atoms with Crippen molar-refractivity contribution in [2.75, 3.05) is 15.1 Å². The van der Waals surface area contributed by atoms with Gasteiger partial charge in [-0.15, -0.1) is 45.3 Å². The summed E-state index contributed by atoms with van der Waals surface area (Å²) in [5.74, 6) is 0. The standard InChI is InChI=1S/C66H50N2O2S2.C22H10Br2S2.C22H21NO/c1-65(2,3)39-29-33-41(34-30-39)67(51-23-15-21-45-43-17-7-11-25-55(43)69-61(45)51)53-37-49-50(59-47-19-9-13-27-57(47)71-63(53)59)38-54(64-60(49)48-20-10-14-28-58(48)72-64)68(42-35-31-40(32-36-42)66(4,5)6)52-24-16-22-46-44-18-8-12-26-56(44)70-62(46)52;23-15-10-14-13(19-11-5-1-3-7-17(11)25-21(15)19)9-16(24)22-20(14)12-6-2-4-8-18(12)26-22;1-22(2,3)15-11-13-16(14-12-15)23-19-9-6-8-18-17-7-4-5-10-20(17)24-21(18)19/h7-38H,1-6H3;1-10H;4-14,23H,1-3H3. The van der Waals surface area contributed by atoms with Crippen LogP contribution in [0.25, 0.3) is 168 Å². The van der Waals surface area contributed by atoms with Crippen LogP contribution in [-0.4, -0.2) is 0 Å². The number of benzene rings is 17. The van der Waals surface area contributed by atoms with Gasteiger partial charge in [0.1, 0.15) is 16.7 Å². The molecule has 0 aliphatic heterocycles. The topological polar surface area (TPSA) is 57.9 Å². The van der Waals surface area contributed by atoms with Crippen molar-refractivity contribution in [3.05, 3.63) is 347 Å². The molecule has 17 aromatic carbocycles.